The fourth-order valence-corrected chi connectivity index (χ4v) is 2.12. The van der Waals surface area contributed by atoms with Crippen LogP contribution in [-0.4, -0.2) is 24.7 Å². The lowest BCUT2D eigenvalue weighted by Gasteiger charge is -2.13. The lowest BCUT2D eigenvalue weighted by molar-refractivity contribution is -0.392. The van der Waals surface area contributed by atoms with E-state index in [0.717, 1.165) is 0 Å². The van der Waals surface area contributed by atoms with Gasteiger partial charge in [-0.15, -0.1) is 13.2 Å². The van der Waals surface area contributed by atoms with E-state index in [2.05, 4.69) is 9.72 Å². The SMILES string of the molecule is O=[N+]([O-])c1c(S(=O)(=O)Cl)ncc(C(F)F)c1OC(F)(F)F. The van der Waals surface area contributed by atoms with E-state index in [4.69, 9.17) is 10.7 Å². The van der Waals surface area contributed by atoms with Crippen LogP contribution in [0.15, 0.2) is 11.2 Å². The van der Waals surface area contributed by atoms with Crippen molar-refractivity contribution in [3.8, 4) is 5.75 Å². The van der Waals surface area contributed by atoms with Gasteiger partial charge in [0.05, 0.1) is 10.5 Å². The number of ether oxygens (including phenoxy) is 1. The van der Waals surface area contributed by atoms with E-state index in [0.29, 0.717) is 0 Å². The Balaban J connectivity index is 3.79. The third kappa shape index (κ3) is 4.10. The van der Waals surface area contributed by atoms with Gasteiger partial charge < -0.3 is 4.74 Å². The van der Waals surface area contributed by atoms with Gasteiger partial charge in [-0.25, -0.2) is 22.2 Å². The van der Waals surface area contributed by atoms with Crippen molar-refractivity contribution in [2.24, 2.45) is 0 Å². The molecular weight excluding hydrogens is 355 g/mol. The van der Waals surface area contributed by atoms with Crippen molar-refractivity contribution in [1.29, 1.82) is 0 Å². The minimum Gasteiger partial charge on any atom is -0.398 e. The largest absolute Gasteiger partial charge is 0.573 e. The van der Waals surface area contributed by atoms with Crippen molar-refractivity contribution in [1.82, 2.24) is 4.98 Å². The standard InChI is InChI=1S/C7H2ClF5N2O5S/c8-21(18,19)6-3(15(16)17)4(20-7(11,12)13)2(1-14-6)5(9)10/h1,5H. The van der Waals surface area contributed by atoms with Crippen LogP contribution < -0.4 is 4.74 Å². The third-order valence-electron chi connectivity index (χ3n) is 1.87. The maximum absolute atomic E-state index is 12.6. The quantitative estimate of drug-likeness (QED) is 0.356. The molecule has 0 fully saturated rings. The van der Waals surface area contributed by atoms with Gasteiger partial charge in [-0.2, -0.15) is 0 Å². The molecule has 0 radical (unpaired) electrons. The Bertz CT molecular complexity index is 677. The molecule has 0 unspecified atom stereocenters. The van der Waals surface area contributed by atoms with Gasteiger partial charge in [0.15, 0.2) is 0 Å². The Kier molecular flexibility index (Phi) is 4.57. The van der Waals surface area contributed by atoms with E-state index >= 15 is 0 Å². The van der Waals surface area contributed by atoms with Crippen molar-refractivity contribution in [2.75, 3.05) is 0 Å². The molecule has 0 bridgehead atoms. The van der Waals surface area contributed by atoms with Crippen LogP contribution in [0.25, 0.3) is 0 Å². The highest BCUT2D eigenvalue weighted by Gasteiger charge is 2.41. The van der Waals surface area contributed by atoms with Crippen LogP contribution in [0.4, 0.5) is 27.6 Å². The normalized spacial score (nSPS) is 12.5. The van der Waals surface area contributed by atoms with Crippen LogP contribution >= 0.6 is 10.7 Å². The molecule has 0 saturated heterocycles. The van der Waals surface area contributed by atoms with Crippen molar-refractivity contribution in [3.05, 3.63) is 21.9 Å². The maximum atomic E-state index is 12.6. The van der Waals surface area contributed by atoms with Crippen LogP contribution in [0.2, 0.25) is 0 Å². The fourth-order valence-electron chi connectivity index (χ4n) is 1.20. The predicted molar refractivity (Wildman–Crippen MR) is 55.6 cm³/mol. The first-order valence-electron chi connectivity index (χ1n) is 4.50. The zero-order valence-corrected chi connectivity index (χ0v) is 10.8. The first kappa shape index (κ1) is 17.3. The lowest BCUT2D eigenvalue weighted by Crippen LogP contribution is -2.20. The molecule has 0 aliphatic rings. The highest BCUT2D eigenvalue weighted by Crippen LogP contribution is 2.42. The van der Waals surface area contributed by atoms with E-state index in [1.165, 1.54) is 0 Å². The second-order valence-corrected chi connectivity index (χ2v) is 5.72. The van der Waals surface area contributed by atoms with Gasteiger partial charge >= 0.3 is 12.0 Å². The van der Waals surface area contributed by atoms with Crippen molar-refractivity contribution in [3.63, 3.8) is 0 Å². The molecule has 0 spiro atoms. The topological polar surface area (TPSA) is 99.4 Å². The van der Waals surface area contributed by atoms with E-state index in [-0.39, 0.29) is 6.20 Å². The van der Waals surface area contributed by atoms with E-state index < -0.39 is 48.8 Å². The van der Waals surface area contributed by atoms with Crippen LogP contribution in [-0.2, 0) is 9.05 Å². The van der Waals surface area contributed by atoms with Gasteiger partial charge in [0.1, 0.15) is 0 Å². The number of hydrogen-bond acceptors (Lipinski definition) is 6. The first-order chi connectivity index (χ1) is 9.34. The Morgan fingerprint density at radius 1 is 1.38 bits per heavy atom. The molecule has 1 rings (SSSR count). The number of aromatic nitrogens is 1. The van der Waals surface area contributed by atoms with Gasteiger partial charge in [0, 0.05) is 16.9 Å². The predicted octanol–water partition coefficient (Wildman–Crippen LogP) is 2.75. The molecule has 14 heteroatoms. The summed E-state index contributed by atoms with van der Waals surface area (Å²) in [6, 6.07) is 0. The van der Waals surface area contributed by atoms with Crippen molar-refractivity contribution in [2.45, 2.75) is 17.8 Å². The van der Waals surface area contributed by atoms with E-state index in [9.17, 15) is 40.5 Å². The Morgan fingerprint density at radius 3 is 2.24 bits per heavy atom. The van der Waals surface area contributed by atoms with E-state index in [1.807, 2.05) is 0 Å². The Hall–Kier alpha value is -1.76. The van der Waals surface area contributed by atoms with Crippen molar-refractivity contribution < 1.29 is 40.0 Å². The molecule has 0 aliphatic heterocycles. The molecule has 0 aromatic carbocycles. The lowest BCUT2D eigenvalue weighted by atomic mass is 10.2. The summed E-state index contributed by atoms with van der Waals surface area (Å²) in [7, 11) is -0.208. The fraction of sp³-hybridized carbons (Fsp3) is 0.286. The number of nitrogens with zero attached hydrogens (tertiary/aromatic N) is 2. The van der Waals surface area contributed by atoms with Crippen LogP contribution in [0, 0.1) is 10.1 Å². The molecule has 7 nitrogen and oxygen atoms in total. The number of rotatable bonds is 4. The van der Waals surface area contributed by atoms with Gasteiger partial charge in [-0.05, 0) is 0 Å². The van der Waals surface area contributed by atoms with Crippen LogP contribution in [0.5, 0.6) is 5.75 Å². The second-order valence-electron chi connectivity index (χ2n) is 3.24. The average molecular weight is 357 g/mol. The molecule has 118 valence electrons. The van der Waals surface area contributed by atoms with Gasteiger partial charge in [0.25, 0.3) is 20.5 Å². The zero-order chi connectivity index (χ0) is 16.6. The highest BCUT2D eigenvalue weighted by molar-refractivity contribution is 8.13. The summed E-state index contributed by atoms with van der Waals surface area (Å²) in [5, 5.41) is 9.06. The zero-order valence-electron chi connectivity index (χ0n) is 9.27. The molecule has 21 heavy (non-hydrogen) atoms. The summed E-state index contributed by atoms with van der Waals surface area (Å²) in [5.41, 5.74) is -3.54. The Labute approximate surface area is 116 Å². The molecule has 0 N–H and O–H groups in total. The average Bonchev–Trinajstić information content (AvgIpc) is 2.23. The molecule has 1 heterocycles. The van der Waals surface area contributed by atoms with Crippen LogP contribution in [0.3, 0.4) is 0 Å². The number of hydrogen-bond donors (Lipinski definition) is 0. The van der Waals surface area contributed by atoms with Gasteiger partial charge in [0.2, 0.25) is 5.75 Å². The summed E-state index contributed by atoms with van der Waals surface area (Å²) in [6.45, 7) is 0. The number of alkyl halides is 5. The number of halogens is 6. The first-order valence-corrected chi connectivity index (χ1v) is 6.81. The molecule has 0 atom stereocenters. The molecule has 1 aromatic heterocycles. The van der Waals surface area contributed by atoms with Crippen molar-refractivity contribution >= 4 is 25.4 Å². The molecule has 1 aromatic rings. The summed E-state index contributed by atoms with van der Waals surface area (Å²) in [4.78, 5) is 11.8. The smallest absolute Gasteiger partial charge is 0.398 e. The van der Waals surface area contributed by atoms with Crippen LogP contribution in [0.1, 0.15) is 12.0 Å². The third-order valence-corrected chi connectivity index (χ3v) is 3.07. The molecule has 0 amide bonds. The number of nitro groups is 1. The van der Waals surface area contributed by atoms with Gasteiger partial charge in [-0.3, -0.25) is 10.1 Å². The Morgan fingerprint density at radius 2 is 1.90 bits per heavy atom. The minimum atomic E-state index is -5.58. The van der Waals surface area contributed by atoms with Gasteiger partial charge in [-0.1, -0.05) is 0 Å². The minimum absolute atomic E-state index is 0.00595. The summed E-state index contributed by atoms with van der Waals surface area (Å²) < 4.78 is 86.9. The molecular formula is C7H2ClF5N2O5S. The molecule has 0 aliphatic carbocycles. The highest BCUT2D eigenvalue weighted by atomic mass is 35.7. The summed E-state index contributed by atoms with van der Waals surface area (Å²) in [5.74, 6) is -1.99. The maximum Gasteiger partial charge on any atom is 0.573 e. The monoisotopic (exact) mass is 356 g/mol. The molecule has 0 saturated carbocycles. The number of pyridine rings is 1. The summed E-state index contributed by atoms with van der Waals surface area (Å²) in [6.07, 6.45) is -9.22. The van der Waals surface area contributed by atoms with E-state index in [1.54, 1.807) is 0 Å². The summed E-state index contributed by atoms with van der Waals surface area (Å²) >= 11 is 0. The second kappa shape index (κ2) is 5.55.